The lowest BCUT2D eigenvalue weighted by Crippen LogP contribution is -2.49. The molecule has 17 heavy (non-hydrogen) atoms. The van der Waals surface area contributed by atoms with Gasteiger partial charge in [-0.15, -0.1) is 0 Å². The fraction of sp³-hybridized carbons (Fsp3) is 0.818. The third kappa shape index (κ3) is 3.59. The van der Waals surface area contributed by atoms with Crippen LogP contribution in [-0.4, -0.2) is 52.9 Å². The van der Waals surface area contributed by atoms with Crippen molar-refractivity contribution in [2.75, 3.05) is 19.7 Å². The van der Waals surface area contributed by atoms with E-state index in [0.29, 0.717) is 13.1 Å². The average Bonchev–Trinajstić information content (AvgIpc) is 2.73. The minimum atomic E-state index is -1.02. The second-order valence-electron chi connectivity index (χ2n) is 4.79. The molecule has 1 unspecified atom stereocenters. The zero-order chi connectivity index (χ0) is 13.0. The van der Waals surface area contributed by atoms with Gasteiger partial charge in [0.25, 0.3) is 0 Å². The van der Waals surface area contributed by atoms with Crippen molar-refractivity contribution in [2.24, 2.45) is 11.8 Å². The lowest BCUT2D eigenvalue weighted by molar-refractivity contribution is -0.140. The molecule has 3 N–H and O–H groups in total. The second-order valence-corrected chi connectivity index (χ2v) is 4.79. The molecule has 1 saturated heterocycles. The monoisotopic (exact) mass is 244 g/mol. The number of carboxylic acids is 1. The second kappa shape index (κ2) is 5.86. The normalized spacial score (nSPS) is 21.6. The van der Waals surface area contributed by atoms with Crippen LogP contribution in [0.1, 0.15) is 20.3 Å². The van der Waals surface area contributed by atoms with Crippen LogP contribution in [0.25, 0.3) is 0 Å². The van der Waals surface area contributed by atoms with Crippen molar-refractivity contribution in [2.45, 2.75) is 26.3 Å². The molecule has 1 rings (SSSR count). The molecule has 2 amide bonds. The fourth-order valence-corrected chi connectivity index (χ4v) is 1.90. The van der Waals surface area contributed by atoms with Crippen molar-refractivity contribution < 1.29 is 19.8 Å². The molecule has 0 aromatic carbocycles. The number of aliphatic hydroxyl groups is 1. The molecular weight excluding hydrogens is 224 g/mol. The number of likely N-dealkylation sites (tertiary alicyclic amines) is 1. The number of rotatable bonds is 4. The maximum Gasteiger partial charge on any atom is 0.326 e. The van der Waals surface area contributed by atoms with Crippen molar-refractivity contribution in [1.82, 2.24) is 10.2 Å². The summed E-state index contributed by atoms with van der Waals surface area (Å²) in [5.74, 6) is -1.07. The van der Waals surface area contributed by atoms with Gasteiger partial charge in [0.05, 0.1) is 0 Å². The summed E-state index contributed by atoms with van der Waals surface area (Å²) < 4.78 is 0. The molecule has 0 aromatic heterocycles. The van der Waals surface area contributed by atoms with Crippen LogP contribution in [0.5, 0.6) is 0 Å². The highest BCUT2D eigenvalue weighted by Crippen LogP contribution is 2.15. The zero-order valence-electron chi connectivity index (χ0n) is 10.2. The van der Waals surface area contributed by atoms with E-state index in [1.807, 2.05) is 0 Å². The van der Waals surface area contributed by atoms with E-state index in [-0.39, 0.29) is 24.5 Å². The van der Waals surface area contributed by atoms with Gasteiger partial charge < -0.3 is 20.4 Å². The number of carbonyl (C=O) groups excluding carboxylic acids is 1. The van der Waals surface area contributed by atoms with Crippen molar-refractivity contribution in [3.05, 3.63) is 0 Å². The number of nitrogens with one attached hydrogen (secondary N) is 1. The molecule has 6 nitrogen and oxygen atoms in total. The first-order valence-corrected chi connectivity index (χ1v) is 5.84. The first kappa shape index (κ1) is 13.8. The highest BCUT2D eigenvalue weighted by Gasteiger charge is 2.29. The zero-order valence-corrected chi connectivity index (χ0v) is 10.2. The Morgan fingerprint density at radius 1 is 1.47 bits per heavy atom. The van der Waals surface area contributed by atoms with Crippen molar-refractivity contribution in [1.29, 1.82) is 0 Å². The van der Waals surface area contributed by atoms with E-state index in [2.05, 4.69) is 5.32 Å². The van der Waals surface area contributed by atoms with Gasteiger partial charge in [0, 0.05) is 25.6 Å². The third-order valence-corrected chi connectivity index (χ3v) is 3.04. The predicted molar refractivity (Wildman–Crippen MR) is 61.6 cm³/mol. The first-order valence-electron chi connectivity index (χ1n) is 5.84. The summed E-state index contributed by atoms with van der Waals surface area (Å²) in [6, 6.07) is -1.22. The van der Waals surface area contributed by atoms with Crippen LogP contribution in [-0.2, 0) is 4.79 Å². The van der Waals surface area contributed by atoms with Gasteiger partial charge in [-0.3, -0.25) is 0 Å². The Hall–Kier alpha value is -1.30. The lowest BCUT2D eigenvalue weighted by atomic mass is 10.1. The van der Waals surface area contributed by atoms with Crippen molar-refractivity contribution in [3.8, 4) is 0 Å². The maximum atomic E-state index is 11.8. The highest BCUT2D eigenvalue weighted by atomic mass is 16.4. The van der Waals surface area contributed by atoms with E-state index in [1.165, 1.54) is 0 Å². The maximum absolute atomic E-state index is 11.8. The van der Waals surface area contributed by atoms with Crippen LogP contribution >= 0.6 is 0 Å². The molecule has 6 heteroatoms. The molecule has 0 radical (unpaired) electrons. The molecular formula is C11H20N2O4. The van der Waals surface area contributed by atoms with Crippen LogP contribution in [0.3, 0.4) is 0 Å². The molecule has 0 aliphatic carbocycles. The summed E-state index contributed by atoms with van der Waals surface area (Å²) in [5, 5.41) is 20.4. The Labute approximate surface area is 101 Å². The Balaban J connectivity index is 2.51. The van der Waals surface area contributed by atoms with Crippen molar-refractivity contribution >= 4 is 12.0 Å². The number of carboxylic acid groups (broad SMARTS) is 1. The lowest BCUT2D eigenvalue weighted by Gasteiger charge is -2.23. The number of aliphatic carboxylic acids is 1. The summed E-state index contributed by atoms with van der Waals surface area (Å²) in [4.78, 5) is 24.3. The number of amides is 2. The van der Waals surface area contributed by atoms with Gasteiger partial charge in [-0.1, -0.05) is 13.8 Å². The summed E-state index contributed by atoms with van der Waals surface area (Å²) in [6.45, 7) is 4.63. The van der Waals surface area contributed by atoms with E-state index >= 15 is 0 Å². The van der Waals surface area contributed by atoms with Gasteiger partial charge in [-0.25, -0.2) is 9.59 Å². The van der Waals surface area contributed by atoms with Gasteiger partial charge in [-0.05, 0) is 12.3 Å². The molecule has 1 aliphatic heterocycles. The number of hydrogen-bond acceptors (Lipinski definition) is 3. The molecule has 0 spiro atoms. The van der Waals surface area contributed by atoms with Crippen LogP contribution in [0.15, 0.2) is 0 Å². The summed E-state index contributed by atoms with van der Waals surface area (Å²) >= 11 is 0. The number of nitrogens with zero attached hydrogens (tertiary/aromatic N) is 1. The Morgan fingerprint density at radius 3 is 2.53 bits per heavy atom. The van der Waals surface area contributed by atoms with Gasteiger partial charge in [-0.2, -0.15) is 0 Å². The number of aliphatic hydroxyl groups excluding tert-OH is 1. The number of carbonyl (C=O) groups is 2. The number of hydrogen-bond donors (Lipinski definition) is 3. The minimum Gasteiger partial charge on any atom is -0.480 e. The Bertz CT molecular complexity index is 293. The average molecular weight is 244 g/mol. The molecule has 0 bridgehead atoms. The first-order chi connectivity index (χ1) is 7.95. The summed E-state index contributed by atoms with van der Waals surface area (Å²) in [5.41, 5.74) is 0. The van der Waals surface area contributed by atoms with Crippen molar-refractivity contribution in [3.63, 3.8) is 0 Å². The Morgan fingerprint density at radius 2 is 2.12 bits per heavy atom. The molecule has 98 valence electrons. The number of urea groups is 1. The van der Waals surface area contributed by atoms with E-state index in [9.17, 15) is 9.59 Å². The molecule has 1 aliphatic rings. The summed E-state index contributed by atoms with van der Waals surface area (Å²) in [6.07, 6.45) is 0.767. The minimum absolute atomic E-state index is 0.0658. The van der Waals surface area contributed by atoms with E-state index < -0.39 is 12.0 Å². The predicted octanol–water partition coefficient (Wildman–Crippen LogP) is 0.119. The molecule has 2 atom stereocenters. The van der Waals surface area contributed by atoms with Gasteiger partial charge in [0.15, 0.2) is 0 Å². The largest absolute Gasteiger partial charge is 0.480 e. The summed E-state index contributed by atoms with van der Waals surface area (Å²) in [7, 11) is 0. The van der Waals surface area contributed by atoms with Gasteiger partial charge in [0.1, 0.15) is 6.04 Å². The highest BCUT2D eigenvalue weighted by molar-refractivity contribution is 5.82. The Kier molecular flexibility index (Phi) is 4.74. The third-order valence-electron chi connectivity index (χ3n) is 3.04. The molecule has 0 saturated carbocycles. The van der Waals surface area contributed by atoms with Crippen LogP contribution in [0, 0.1) is 11.8 Å². The van der Waals surface area contributed by atoms with Crippen LogP contribution in [0.4, 0.5) is 4.79 Å². The smallest absolute Gasteiger partial charge is 0.326 e. The van der Waals surface area contributed by atoms with Gasteiger partial charge >= 0.3 is 12.0 Å². The van der Waals surface area contributed by atoms with Crippen LogP contribution in [0.2, 0.25) is 0 Å². The SMILES string of the molecule is CC(C)[C@@H](NC(=O)N1CCC(CO)C1)C(=O)O. The van der Waals surface area contributed by atoms with E-state index in [0.717, 1.165) is 6.42 Å². The molecule has 0 aromatic rings. The van der Waals surface area contributed by atoms with Crippen LogP contribution < -0.4 is 5.32 Å². The fourth-order valence-electron chi connectivity index (χ4n) is 1.90. The topological polar surface area (TPSA) is 89.9 Å². The quantitative estimate of drug-likeness (QED) is 0.655. The molecule has 1 fully saturated rings. The van der Waals surface area contributed by atoms with Gasteiger partial charge in [0.2, 0.25) is 0 Å². The molecule has 1 heterocycles. The standard InChI is InChI=1S/C11H20N2O4/c1-7(2)9(10(15)16)12-11(17)13-4-3-8(5-13)6-14/h7-9,14H,3-6H2,1-2H3,(H,12,17)(H,15,16)/t8?,9-/m1/s1. The van der Waals surface area contributed by atoms with E-state index in [4.69, 9.17) is 10.2 Å². The van der Waals surface area contributed by atoms with E-state index in [1.54, 1.807) is 18.7 Å².